The Kier molecular flexibility index (Phi) is 6.39. The van der Waals surface area contributed by atoms with Crippen LogP contribution in [0.2, 0.25) is 0 Å². The zero-order valence-corrected chi connectivity index (χ0v) is 16.8. The second-order valence-corrected chi connectivity index (χ2v) is 6.58. The second kappa shape index (κ2) is 9.33. The molecule has 0 saturated carbocycles. The number of aliphatic imine (C=N–C) groups is 2. The lowest BCUT2D eigenvalue weighted by Gasteiger charge is -2.24. The largest absolute Gasteiger partial charge is 0.398 e. The zero-order chi connectivity index (χ0) is 21.5. The summed E-state index contributed by atoms with van der Waals surface area (Å²) in [5, 5.41) is 13.8. The van der Waals surface area contributed by atoms with E-state index in [2.05, 4.69) is 25.6 Å². The predicted molar refractivity (Wildman–Crippen MR) is 123 cm³/mol. The summed E-state index contributed by atoms with van der Waals surface area (Å²) >= 11 is 0. The lowest BCUT2D eigenvalue weighted by molar-refractivity contribution is 0.875. The van der Waals surface area contributed by atoms with Gasteiger partial charge >= 0.3 is 0 Å². The summed E-state index contributed by atoms with van der Waals surface area (Å²) in [6, 6.07) is 3.74. The molecule has 8 nitrogen and oxygen atoms in total. The van der Waals surface area contributed by atoms with Gasteiger partial charge in [-0.05, 0) is 48.9 Å². The number of rotatable bonds is 6. The summed E-state index contributed by atoms with van der Waals surface area (Å²) in [4.78, 5) is 12.7. The molecule has 1 aromatic heterocycles. The van der Waals surface area contributed by atoms with Crippen LogP contribution in [0.5, 0.6) is 0 Å². The maximum atomic E-state index is 7.24. The molecule has 0 bridgehead atoms. The number of hydrogen-bond donors (Lipinski definition) is 5. The van der Waals surface area contributed by atoms with Crippen molar-refractivity contribution in [3.8, 4) is 0 Å². The lowest BCUT2D eigenvalue weighted by Crippen LogP contribution is -2.27. The SMILES string of the molecule is CN=CC(C1=CNC2=CC=C(N=C(N)C=C(C)C=N)NC2=C1)=C(N)c1cccnc1. The highest BCUT2D eigenvalue weighted by Crippen LogP contribution is 2.25. The van der Waals surface area contributed by atoms with E-state index >= 15 is 0 Å². The molecule has 152 valence electrons. The molecule has 2 aliphatic rings. The monoisotopic (exact) mass is 400 g/mol. The van der Waals surface area contributed by atoms with E-state index in [0.717, 1.165) is 28.1 Å². The number of aromatic nitrogens is 1. The third-order valence-electron chi connectivity index (χ3n) is 4.33. The standard InChI is InChI=1S/C22H24N8/c1-14(10-23)8-20(24)30-21-6-5-18-19(29-21)9-16(12-28-18)17(13-26-2)22(25)15-4-3-7-27-11-15/h3-13,23,28-29H,25H2,1-2H3,(H2,24,30). The summed E-state index contributed by atoms with van der Waals surface area (Å²) in [5.41, 5.74) is 17.8. The number of pyridine rings is 1. The van der Waals surface area contributed by atoms with Gasteiger partial charge < -0.3 is 27.5 Å². The normalized spacial score (nSPS) is 17.5. The Morgan fingerprint density at radius 1 is 1.23 bits per heavy atom. The number of dihydropyridines is 2. The van der Waals surface area contributed by atoms with Crippen molar-refractivity contribution in [1.82, 2.24) is 15.6 Å². The number of hydrogen-bond acceptors (Lipinski definition) is 7. The molecule has 8 heteroatoms. The third kappa shape index (κ3) is 4.79. The van der Waals surface area contributed by atoms with Crippen LogP contribution in [0.25, 0.3) is 5.70 Å². The highest BCUT2D eigenvalue weighted by molar-refractivity contribution is 5.97. The van der Waals surface area contributed by atoms with Crippen LogP contribution in [0.15, 0.2) is 98.9 Å². The van der Waals surface area contributed by atoms with Crippen LogP contribution in [0, 0.1) is 5.41 Å². The average molecular weight is 400 g/mol. The van der Waals surface area contributed by atoms with Gasteiger partial charge in [0.25, 0.3) is 0 Å². The first kappa shape index (κ1) is 20.5. The highest BCUT2D eigenvalue weighted by Gasteiger charge is 2.18. The van der Waals surface area contributed by atoms with E-state index < -0.39 is 0 Å². The van der Waals surface area contributed by atoms with Crippen molar-refractivity contribution >= 4 is 24.0 Å². The molecule has 1 aromatic rings. The molecule has 0 aliphatic carbocycles. The van der Waals surface area contributed by atoms with Crippen LogP contribution in [0.3, 0.4) is 0 Å². The van der Waals surface area contributed by atoms with Gasteiger partial charge in [0, 0.05) is 60.5 Å². The van der Waals surface area contributed by atoms with Gasteiger partial charge in [-0.1, -0.05) is 0 Å². The molecule has 0 amide bonds. The fourth-order valence-corrected chi connectivity index (χ4v) is 2.86. The molecule has 3 rings (SSSR count). The van der Waals surface area contributed by atoms with E-state index in [-0.39, 0.29) is 0 Å². The van der Waals surface area contributed by atoms with Crippen molar-refractivity contribution < 1.29 is 0 Å². The molecule has 0 unspecified atom stereocenters. The molecule has 0 atom stereocenters. The Hall–Kier alpha value is -4.20. The van der Waals surface area contributed by atoms with Crippen molar-refractivity contribution in [2.75, 3.05) is 7.05 Å². The summed E-state index contributed by atoms with van der Waals surface area (Å²) in [5.74, 6) is 0.903. The van der Waals surface area contributed by atoms with Gasteiger partial charge in [-0.2, -0.15) is 0 Å². The first-order chi connectivity index (χ1) is 14.5. The second-order valence-electron chi connectivity index (χ2n) is 6.58. The highest BCUT2D eigenvalue weighted by atomic mass is 15.1. The van der Waals surface area contributed by atoms with Crippen molar-refractivity contribution in [3.63, 3.8) is 0 Å². The van der Waals surface area contributed by atoms with Crippen LogP contribution in [0.1, 0.15) is 12.5 Å². The number of fused-ring (bicyclic) bond motifs is 1. The molecule has 30 heavy (non-hydrogen) atoms. The van der Waals surface area contributed by atoms with Gasteiger partial charge in [0.2, 0.25) is 0 Å². The van der Waals surface area contributed by atoms with Gasteiger partial charge in [0.15, 0.2) is 0 Å². The molecule has 3 heterocycles. The van der Waals surface area contributed by atoms with Crippen molar-refractivity contribution in [3.05, 3.63) is 94.5 Å². The third-order valence-corrected chi connectivity index (χ3v) is 4.33. The quantitative estimate of drug-likeness (QED) is 0.368. The minimum Gasteiger partial charge on any atom is -0.398 e. The number of nitrogens with two attached hydrogens (primary N) is 2. The van der Waals surface area contributed by atoms with E-state index in [9.17, 15) is 0 Å². The minimum atomic E-state index is 0.311. The minimum absolute atomic E-state index is 0.311. The van der Waals surface area contributed by atoms with Gasteiger partial charge in [-0.3, -0.25) is 9.98 Å². The van der Waals surface area contributed by atoms with E-state index in [1.54, 1.807) is 38.7 Å². The Labute approximate surface area is 175 Å². The van der Waals surface area contributed by atoms with Crippen molar-refractivity contribution in [1.29, 1.82) is 5.41 Å². The first-order valence-corrected chi connectivity index (χ1v) is 9.25. The maximum absolute atomic E-state index is 7.24. The molecule has 0 saturated heterocycles. The van der Waals surface area contributed by atoms with Crippen LogP contribution in [0.4, 0.5) is 0 Å². The lowest BCUT2D eigenvalue weighted by atomic mass is 9.98. The molecule has 2 aliphatic heterocycles. The Morgan fingerprint density at radius 2 is 2.07 bits per heavy atom. The average Bonchev–Trinajstić information content (AvgIpc) is 2.77. The number of amidine groups is 1. The number of nitrogens with zero attached hydrogens (tertiary/aromatic N) is 3. The zero-order valence-electron chi connectivity index (χ0n) is 16.8. The van der Waals surface area contributed by atoms with Crippen molar-refractivity contribution in [2.24, 2.45) is 21.5 Å². The predicted octanol–water partition coefficient (Wildman–Crippen LogP) is 2.10. The van der Waals surface area contributed by atoms with Crippen LogP contribution in [-0.2, 0) is 0 Å². The molecule has 0 radical (unpaired) electrons. The van der Waals surface area contributed by atoms with Gasteiger partial charge in [0.1, 0.15) is 11.7 Å². The molecular formula is C22H24N8. The summed E-state index contributed by atoms with van der Waals surface area (Å²) in [6.07, 6.45) is 15.6. The summed E-state index contributed by atoms with van der Waals surface area (Å²) in [6.45, 7) is 1.79. The fraction of sp³-hybridized carbons (Fsp3) is 0.0909. The smallest absolute Gasteiger partial charge is 0.132 e. The van der Waals surface area contributed by atoms with Crippen LogP contribution < -0.4 is 22.1 Å². The van der Waals surface area contributed by atoms with Crippen molar-refractivity contribution in [2.45, 2.75) is 6.92 Å². The molecule has 7 N–H and O–H groups in total. The number of allylic oxidation sites excluding steroid dienone is 6. The van der Waals surface area contributed by atoms with Gasteiger partial charge in [-0.25, -0.2) is 4.99 Å². The Balaban J connectivity index is 1.92. The molecular weight excluding hydrogens is 376 g/mol. The summed E-state index contributed by atoms with van der Waals surface area (Å²) in [7, 11) is 1.70. The topological polar surface area (TPSA) is 138 Å². The Morgan fingerprint density at radius 3 is 2.77 bits per heavy atom. The van der Waals surface area contributed by atoms with Gasteiger partial charge in [0.05, 0.1) is 11.4 Å². The Bertz CT molecular complexity index is 1080. The van der Waals surface area contributed by atoms with E-state index in [1.807, 2.05) is 36.6 Å². The van der Waals surface area contributed by atoms with E-state index in [1.165, 1.54) is 6.21 Å². The van der Waals surface area contributed by atoms with E-state index in [4.69, 9.17) is 16.9 Å². The van der Waals surface area contributed by atoms with Crippen LogP contribution >= 0.6 is 0 Å². The molecule has 0 aromatic carbocycles. The number of nitrogens with one attached hydrogen (secondary N) is 3. The fourth-order valence-electron chi connectivity index (χ4n) is 2.86. The summed E-state index contributed by atoms with van der Waals surface area (Å²) < 4.78 is 0. The maximum Gasteiger partial charge on any atom is 0.132 e. The van der Waals surface area contributed by atoms with Crippen LogP contribution in [-0.4, -0.2) is 30.3 Å². The van der Waals surface area contributed by atoms with E-state index in [0.29, 0.717) is 22.9 Å². The molecule has 0 fully saturated rings. The molecule has 0 spiro atoms. The van der Waals surface area contributed by atoms with Gasteiger partial charge in [-0.15, -0.1) is 0 Å². The first-order valence-electron chi connectivity index (χ1n) is 9.25.